The predicted molar refractivity (Wildman–Crippen MR) is 124 cm³/mol. The quantitative estimate of drug-likeness (QED) is 0.543. The Kier molecular flexibility index (Phi) is 8.45. The molecule has 0 unspecified atom stereocenters. The number of unbranched alkanes of at least 4 members (excludes halogenated alkanes) is 1. The van der Waals surface area contributed by atoms with Crippen LogP contribution < -0.4 is 27.2 Å². The number of H-pyrrole nitrogens is 1. The first-order valence-corrected chi connectivity index (χ1v) is 10.5. The van der Waals surface area contributed by atoms with E-state index in [-0.39, 0.29) is 17.4 Å². The van der Waals surface area contributed by atoms with E-state index in [1.807, 2.05) is 39.0 Å². The number of nitrogens with two attached hydrogens (primary N) is 1. The molecule has 0 atom stereocenters. The number of hydrogen-bond acceptors (Lipinski definition) is 4. The Morgan fingerprint density at radius 3 is 2.59 bits per heavy atom. The van der Waals surface area contributed by atoms with Crippen LogP contribution in [0.25, 0.3) is 0 Å². The molecular formula is C21H31N5O2S. The Balaban J connectivity index is 2.28. The number of aromatic amines is 1. The average molecular weight is 418 g/mol. The maximum absolute atomic E-state index is 12.6. The molecule has 1 heterocycles. The Morgan fingerprint density at radius 2 is 1.97 bits per heavy atom. The van der Waals surface area contributed by atoms with Crippen LogP contribution in [0.1, 0.15) is 39.2 Å². The normalized spacial score (nSPS) is 10.9. The molecule has 0 aliphatic heterocycles. The van der Waals surface area contributed by atoms with Crippen molar-refractivity contribution in [1.82, 2.24) is 14.9 Å². The van der Waals surface area contributed by atoms with E-state index in [9.17, 15) is 9.59 Å². The van der Waals surface area contributed by atoms with Crippen molar-refractivity contribution in [3.05, 3.63) is 56.7 Å². The third kappa shape index (κ3) is 6.19. The van der Waals surface area contributed by atoms with Crippen LogP contribution in [0, 0.1) is 5.92 Å². The number of thiocarbonyl (C=S) groups is 1. The Morgan fingerprint density at radius 1 is 1.28 bits per heavy atom. The average Bonchev–Trinajstić information content (AvgIpc) is 2.67. The first-order valence-electron chi connectivity index (χ1n) is 10.1. The van der Waals surface area contributed by atoms with Crippen molar-refractivity contribution in [3.63, 3.8) is 0 Å². The number of rotatable bonds is 9. The lowest BCUT2D eigenvalue weighted by Gasteiger charge is -2.28. The van der Waals surface area contributed by atoms with Gasteiger partial charge in [-0.05, 0) is 36.5 Å². The van der Waals surface area contributed by atoms with Crippen molar-refractivity contribution in [2.24, 2.45) is 5.92 Å². The summed E-state index contributed by atoms with van der Waals surface area (Å²) in [7, 11) is 0. The molecule has 0 amide bonds. The fourth-order valence-corrected chi connectivity index (χ4v) is 3.34. The van der Waals surface area contributed by atoms with E-state index in [1.165, 1.54) is 10.1 Å². The fraction of sp³-hybridized carbons (Fsp3) is 0.476. The van der Waals surface area contributed by atoms with Crippen LogP contribution >= 0.6 is 12.2 Å². The van der Waals surface area contributed by atoms with Gasteiger partial charge in [-0.15, -0.1) is 0 Å². The summed E-state index contributed by atoms with van der Waals surface area (Å²) in [5.41, 5.74) is 6.69. The molecular weight excluding hydrogens is 386 g/mol. The summed E-state index contributed by atoms with van der Waals surface area (Å²) >= 11 is 5.59. The van der Waals surface area contributed by atoms with Gasteiger partial charge in [0.15, 0.2) is 10.8 Å². The summed E-state index contributed by atoms with van der Waals surface area (Å²) in [6, 6.07) is 10.1. The molecule has 0 saturated heterocycles. The van der Waals surface area contributed by atoms with Crippen LogP contribution in [0.4, 0.5) is 11.5 Å². The minimum atomic E-state index is -0.520. The Hall–Kier alpha value is -2.61. The molecule has 2 rings (SSSR count). The van der Waals surface area contributed by atoms with Crippen LogP contribution in [0.3, 0.4) is 0 Å². The molecule has 4 N–H and O–H groups in total. The van der Waals surface area contributed by atoms with Gasteiger partial charge in [-0.3, -0.25) is 14.3 Å². The van der Waals surface area contributed by atoms with Crippen molar-refractivity contribution >= 4 is 28.8 Å². The lowest BCUT2D eigenvalue weighted by Crippen LogP contribution is -2.47. The second-order valence-electron chi connectivity index (χ2n) is 7.47. The topological polar surface area (TPSA) is 96.2 Å². The first kappa shape index (κ1) is 22.7. The van der Waals surface area contributed by atoms with E-state index < -0.39 is 11.2 Å². The molecule has 8 heteroatoms. The third-order valence-electron chi connectivity index (χ3n) is 4.54. The van der Waals surface area contributed by atoms with Crippen molar-refractivity contribution in [3.8, 4) is 0 Å². The molecule has 158 valence electrons. The molecule has 0 fully saturated rings. The van der Waals surface area contributed by atoms with Crippen LogP contribution in [-0.4, -0.2) is 27.8 Å². The van der Waals surface area contributed by atoms with Crippen LogP contribution in [0.5, 0.6) is 0 Å². The molecule has 0 aliphatic rings. The molecule has 0 spiro atoms. The highest BCUT2D eigenvalue weighted by Crippen LogP contribution is 2.19. The molecule has 0 saturated carbocycles. The van der Waals surface area contributed by atoms with Gasteiger partial charge < -0.3 is 16.0 Å². The van der Waals surface area contributed by atoms with Crippen LogP contribution in [0.2, 0.25) is 0 Å². The number of nitrogens with zero attached hydrogens (tertiary/aromatic N) is 2. The second-order valence-corrected chi connectivity index (χ2v) is 7.86. The first-order chi connectivity index (χ1) is 13.8. The van der Waals surface area contributed by atoms with Gasteiger partial charge in [-0.25, -0.2) is 4.79 Å². The smallest absolute Gasteiger partial charge is 0.330 e. The van der Waals surface area contributed by atoms with Gasteiger partial charge in [-0.2, -0.15) is 0 Å². The number of anilines is 2. The van der Waals surface area contributed by atoms with Gasteiger partial charge in [0.25, 0.3) is 5.56 Å². The SMILES string of the molecule is CCCCn1c(N)c(N(CC(C)C)C(=S)NCCc2ccccc2)c(=O)[nH]c1=O. The van der Waals surface area contributed by atoms with Crippen molar-refractivity contribution in [1.29, 1.82) is 0 Å². The molecule has 29 heavy (non-hydrogen) atoms. The van der Waals surface area contributed by atoms with E-state index in [2.05, 4.69) is 22.4 Å². The molecule has 0 bridgehead atoms. The van der Waals surface area contributed by atoms with Crippen molar-refractivity contribution in [2.45, 2.75) is 46.6 Å². The number of hydrogen-bond donors (Lipinski definition) is 3. The molecule has 2 aromatic rings. The maximum atomic E-state index is 12.6. The molecule has 0 aliphatic carbocycles. The molecule has 1 aromatic heterocycles. The van der Waals surface area contributed by atoms with E-state index in [1.54, 1.807) is 4.90 Å². The minimum Gasteiger partial charge on any atom is -0.383 e. The van der Waals surface area contributed by atoms with Gasteiger partial charge in [0, 0.05) is 19.6 Å². The second kappa shape index (κ2) is 10.8. The van der Waals surface area contributed by atoms with Crippen molar-refractivity contribution < 1.29 is 0 Å². The number of nitrogen functional groups attached to an aromatic ring is 1. The summed E-state index contributed by atoms with van der Waals surface area (Å²) in [6.45, 7) is 7.70. The lowest BCUT2D eigenvalue weighted by molar-refractivity contribution is 0.600. The number of benzene rings is 1. The third-order valence-corrected chi connectivity index (χ3v) is 4.91. The maximum Gasteiger partial charge on any atom is 0.330 e. The lowest BCUT2D eigenvalue weighted by atomic mass is 10.1. The molecule has 1 aromatic carbocycles. The van der Waals surface area contributed by atoms with Gasteiger partial charge in [0.2, 0.25) is 0 Å². The summed E-state index contributed by atoms with van der Waals surface area (Å²) in [5.74, 6) is 0.388. The fourth-order valence-electron chi connectivity index (χ4n) is 3.07. The zero-order chi connectivity index (χ0) is 21.4. The van der Waals surface area contributed by atoms with Gasteiger partial charge >= 0.3 is 5.69 Å². The van der Waals surface area contributed by atoms with Gasteiger partial charge in [0.1, 0.15) is 5.82 Å². The minimum absolute atomic E-state index is 0.153. The Labute approximate surface area is 176 Å². The monoisotopic (exact) mass is 417 g/mol. The number of aromatic nitrogens is 2. The van der Waals surface area contributed by atoms with Crippen LogP contribution in [0.15, 0.2) is 39.9 Å². The summed E-state index contributed by atoms with van der Waals surface area (Å²) in [4.78, 5) is 29.0. The standard InChI is InChI=1S/C21H31N5O2S/c1-4-5-13-25-18(22)17(19(27)24-20(25)28)26(14-15(2)3)21(29)23-12-11-16-9-7-6-8-10-16/h6-10,15H,4-5,11-14,22H2,1-3H3,(H,23,29)(H,24,27,28). The van der Waals surface area contributed by atoms with Crippen molar-refractivity contribution in [2.75, 3.05) is 23.7 Å². The number of nitrogens with one attached hydrogen (secondary N) is 2. The van der Waals surface area contributed by atoms with Gasteiger partial charge in [-0.1, -0.05) is 57.5 Å². The zero-order valence-corrected chi connectivity index (χ0v) is 18.2. The highest BCUT2D eigenvalue weighted by atomic mass is 32.1. The van der Waals surface area contributed by atoms with E-state index >= 15 is 0 Å². The summed E-state index contributed by atoms with van der Waals surface area (Å²) in [6.07, 6.45) is 2.51. The molecule has 7 nitrogen and oxygen atoms in total. The van der Waals surface area contributed by atoms with E-state index in [0.29, 0.717) is 24.7 Å². The largest absolute Gasteiger partial charge is 0.383 e. The predicted octanol–water partition coefficient (Wildman–Crippen LogP) is 2.50. The highest BCUT2D eigenvalue weighted by molar-refractivity contribution is 7.80. The van der Waals surface area contributed by atoms with Gasteiger partial charge in [0.05, 0.1) is 0 Å². The summed E-state index contributed by atoms with van der Waals surface area (Å²) < 4.78 is 1.42. The molecule has 0 radical (unpaired) electrons. The highest BCUT2D eigenvalue weighted by Gasteiger charge is 2.22. The van der Waals surface area contributed by atoms with E-state index in [4.69, 9.17) is 18.0 Å². The van der Waals surface area contributed by atoms with E-state index in [0.717, 1.165) is 19.3 Å². The zero-order valence-electron chi connectivity index (χ0n) is 17.4. The summed E-state index contributed by atoms with van der Waals surface area (Å²) in [5, 5.41) is 3.65. The Bertz CT molecular complexity index is 921. The van der Waals surface area contributed by atoms with Crippen LogP contribution in [-0.2, 0) is 13.0 Å².